The van der Waals surface area contributed by atoms with Gasteiger partial charge in [-0.2, -0.15) is 0 Å². The number of nitrogens with zero attached hydrogens (tertiary/aromatic N) is 3. The van der Waals surface area contributed by atoms with Crippen LogP contribution >= 0.6 is 0 Å². The molecule has 0 unspecified atom stereocenters. The topological polar surface area (TPSA) is 99.5 Å². The summed E-state index contributed by atoms with van der Waals surface area (Å²) in [4.78, 5) is 33.6. The molecule has 9 heteroatoms. The summed E-state index contributed by atoms with van der Waals surface area (Å²) in [6, 6.07) is 7.73. The molecule has 6 rings (SSSR count). The molecule has 36 heavy (non-hydrogen) atoms. The Hall–Kier alpha value is -3.30. The molecule has 0 bridgehead atoms. The van der Waals surface area contributed by atoms with Gasteiger partial charge in [0.1, 0.15) is 22.8 Å². The van der Waals surface area contributed by atoms with Gasteiger partial charge in [-0.1, -0.05) is 12.1 Å². The van der Waals surface area contributed by atoms with Crippen molar-refractivity contribution in [3.8, 4) is 16.9 Å². The fourth-order valence-electron chi connectivity index (χ4n) is 5.63. The van der Waals surface area contributed by atoms with Gasteiger partial charge in [0.2, 0.25) is 0 Å². The summed E-state index contributed by atoms with van der Waals surface area (Å²) in [5.41, 5.74) is 1.34. The summed E-state index contributed by atoms with van der Waals surface area (Å²) >= 11 is 0. The van der Waals surface area contributed by atoms with E-state index in [2.05, 4.69) is 20.5 Å². The van der Waals surface area contributed by atoms with Crippen LogP contribution in [0.5, 0.6) is 5.75 Å². The van der Waals surface area contributed by atoms with Crippen LogP contribution in [0.3, 0.4) is 0 Å². The first-order chi connectivity index (χ1) is 17.4. The number of carbonyl (C=O) groups is 1. The summed E-state index contributed by atoms with van der Waals surface area (Å²) in [5.74, 6) is -1.24. The Labute approximate surface area is 208 Å². The second-order valence-electron chi connectivity index (χ2n) is 10.5. The number of halogens is 1. The highest BCUT2D eigenvalue weighted by molar-refractivity contribution is 6.02. The molecule has 1 saturated heterocycles. The van der Waals surface area contributed by atoms with Crippen molar-refractivity contribution < 1.29 is 14.3 Å². The molecule has 8 nitrogen and oxygen atoms in total. The zero-order valence-corrected chi connectivity index (χ0v) is 20.1. The maximum atomic E-state index is 13.6. The van der Waals surface area contributed by atoms with Gasteiger partial charge in [0, 0.05) is 57.1 Å². The first-order valence-corrected chi connectivity index (χ1v) is 12.7. The number of aromatic hydroxyl groups is 1. The minimum Gasteiger partial charge on any atom is -0.506 e. The number of pyridine rings is 2. The van der Waals surface area contributed by atoms with Gasteiger partial charge in [-0.25, -0.2) is 9.37 Å². The third-order valence-corrected chi connectivity index (χ3v) is 7.98. The molecule has 3 aromatic rings. The quantitative estimate of drug-likeness (QED) is 0.490. The van der Waals surface area contributed by atoms with Gasteiger partial charge >= 0.3 is 0 Å². The Morgan fingerprint density at radius 2 is 1.86 bits per heavy atom. The van der Waals surface area contributed by atoms with Gasteiger partial charge in [-0.3, -0.25) is 19.1 Å². The number of benzene rings is 1. The van der Waals surface area contributed by atoms with Crippen molar-refractivity contribution in [2.75, 3.05) is 32.7 Å². The number of piperazine rings is 1. The number of nitrogens with one attached hydrogen (secondary N) is 2. The fraction of sp³-hybridized carbons (Fsp3) is 0.444. The summed E-state index contributed by atoms with van der Waals surface area (Å²) in [7, 11) is 0. The predicted molar refractivity (Wildman–Crippen MR) is 135 cm³/mol. The number of rotatable bonds is 6. The predicted octanol–water partition coefficient (Wildman–Crippen LogP) is 2.49. The molecule has 1 aliphatic heterocycles. The van der Waals surface area contributed by atoms with Crippen LogP contribution in [-0.4, -0.2) is 64.2 Å². The van der Waals surface area contributed by atoms with Crippen LogP contribution in [0, 0.1) is 11.2 Å². The molecule has 1 amide bonds. The highest BCUT2D eigenvalue weighted by Crippen LogP contribution is 2.60. The lowest BCUT2D eigenvalue weighted by molar-refractivity contribution is 0.0872. The van der Waals surface area contributed by atoms with Crippen molar-refractivity contribution in [2.45, 2.75) is 38.3 Å². The summed E-state index contributed by atoms with van der Waals surface area (Å²) in [6.07, 6.45) is 5.88. The van der Waals surface area contributed by atoms with Crippen LogP contribution in [-0.2, 0) is 6.54 Å². The first-order valence-electron chi connectivity index (χ1n) is 12.7. The van der Waals surface area contributed by atoms with Gasteiger partial charge in [0.05, 0.1) is 5.39 Å². The standard InChI is InChI=1S/C27H30FN5O3/c28-19-3-1-17(2-4-19)18-13-21-23(34)22(25(35)31-20-14-27(15-20)5-6-27)26(36)33(24(21)30-16-18)12-11-32-9-7-29-8-10-32/h1-4,13,16,20,29,34H,5-12,14-15H2,(H,31,35). The lowest BCUT2D eigenvalue weighted by Gasteiger charge is -2.36. The highest BCUT2D eigenvalue weighted by atomic mass is 19.1. The molecule has 3 heterocycles. The zero-order chi connectivity index (χ0) is 24.9. The molecule has 3 fully saturated rings. The lowest BCUT2D eigenvalue weighted by Crippen LogP contribution is -2.47. The average Bonchev–Trinajstić information content (AvgIpc) is 3.66. The van der Waals surface area contributed by atoms with Crippen LogP contribution in [0.1, 0.15) is 36.0 Å². The molecule has 2 saturated carbocycles. The Balaban J connectivity index is 1.39. The summed E-state index contributed by atoms with van der Waals surface area (Å²) in [5, 5.41) is 17.8. The molecule has 0 atom stereocenters. The summed E-state index contributed by atoms with van der Waals surface area (Å²) in [6.45, 7) is 4.52. The second-order valence-corrected chi connectivity index (χ2v) is 10.5. The van der Waals surface area contributed by atoms with E-state index >= 15 is 0 Å². The van der Waals surface area contributed by atoms with Gasteiger partial charge in [-0.05, 0) is 54.9 Å². The SMILES string of the molecule is O=C(NC1CC2(CC2)C1)c1c(O)c2cc(-c3ccc(F)cc3)cnc2n(CCN2CCNCC2)c1=O. The molecule has 188 valence electrons. The van der Waals surface area contributed by atoms with Crippen LogP contribution in [0.2, 0.25) is 0 Å². The van der Waals surface area contributed by atoms with Crippen molar-refractivity contribution in [3.05, 3.63) is 58.3 Å². The van der Waals surface area contributed by atoms with E-state index in [1.807, 2.05) is 0 Å². The van der Waals surface area contributed by atoms with Crippen LogP contribution in [0.15, 0.2) is 41.3 Å². The van der Waals surface area contributed by atoms with Crippen molar-refractivity contribution in [3.63, 3.8) is 0 Å². The monoisotopic (exact) mass is 491 g/mol. The third kappa shape index (κ3) is 4.26. The Bertz CT molecular complexity index is 1370. The van der Waals surface area contributed by atoms with Gasteiger partial charge < -0.3 is 15.7 Å². The van der Waals surface area contributed by atoms with Gasteiger partial charge in [-0.15, -0.1) is 0 Å². The molecule has 2 aromatic heterocycles. The minimum absolute atomic E-state index is 0.0347. The number of aromatic nitrogens is 2. The number of amides is 1. The molecule has 1 aromatic carbocycles. The highest BCUT2D eigenvalue weighted by Gasteiger charge is 2.53. The Morgan fingerprint density at radius 1 is 1.14 bits per heavy atom. The van der Waals surface area contributed by atoms with E-state index in [0.717, 1.165) is 44.6 Å². The zero-order valence-electron chi connectivity index (χ0n) is 20.1. The van der Waals surface area contributed by atoms with Crippen LogP contribution in [0.4, 0.5) is 4.39 Å². The van der Waals surface area contributed by atoms with Gasteiger partial charge in [0.15, 0.2) is 0 Å². The summed E-state index contributed by atoms with van der Waals surface area (Å²) < 4.78 is 14.9. The number of hydrogen-bond donors (Lipinski definition) is 3. The van der Waals surface area contributed by atoms with Crippen molar-refractivity contribution in [1.29, 1.82) is 0 Å². The molecule has 3 N–H and O–H groups in total. The van der Waals surface area contributed by atoms with Crippen LogP contribution in [0.25, 0.3) is 22.2 Å². The maximum Gasteiger partial charge on any atom is 0.268 e. The molecule has 1 spiro atoms. The van der Waals surface area contributed by atoms with Crippen LogP contribution < -0.4 is 16.2 Å². The molecular formula is C27H30FN5O3. The van der Waals surface area contributed by atoms with E-state index in [-0.39, 0.29) is 23.2 Å². The molecule has 3 aliphatic rings. The van der Waals surface area contributed by atoms with E-state index in [0.29, 0.717) is 35.1 Å². The Morgan fingerprint density at radius 3 is 2.56 bits per heavy atom. The fourth-order valence-corrected chi connectivity index (χ4v) is 5.63. The van der Waals surface area contributed by atoms with E-state index in [9.17, 15) is 19.1 Å². The molecule has 0 radical (unpaired) electrons. The molecule has 2 aliphatic carbocycles. The average molecular weight is 492 g/mol. The lowest BCUT2D eigenvalue weighted by atomic mass is 9.77. The smallest absolute Gasteiger partial charge is 0.268 e. The van der Waals surface area contributed by atoms with Crippen molar-refractivity contribution in [1.82, 2.24) is 25.1 Å². The number of carbonyl (C=O) groups excluding carboxylic acids is 1. The second kappa shape index (κ2) is 8.97. The van der Waals surface area contributed by atoms with Gasteiger partial charge in [0.25, 0.3) is 11.5 Å². The first kappa shape index (κ1) is 23.1. The normalized spacial score (nSPS) is 19.4. The third-order valence-electron chi connectivity index (χ3n) is 7.98. The Kier molecular flexibility index (Phi) is 5.76. The van der Waals surface area contributed by atoms with E-state index in [4.69, 9.17) is 0 Å². The molecular weight excluding hydrogens is 461 g/mol. The maximum absolute atomic E-state index is 13.6. The van der Waals surface area contributed by atoms with E-state index < -0.39 is 11.5 Å². The minimum atomic E-state index is -0.539. The van der Waals surface area contributed by atoms with Crippen molar-refractivity contribution in [2.24, 2.45) is 5.41 Å². The number of hydrogen-bond acceptors (Lipinski definition) is 6. The number of fused-ring (bicyclic) bond motifs is 1. The van der Waals surface area contributed by atoms with Crippen molar-refractivity contribution >= 4 is 16.9 Å². The largest absolute Gasteiger partial charge is 0.506 e. The van der Waals surface area contributed by atoms with E-state index in [1.54, 1.807) is 24.4 Å². The van der Waals surface area contributed by atoms with E-state index in [1.165, 1.54) is 29.5 Å².